The van der Waals surface area contributed by atoms with Gasteiger partial charge in [0.15, 0.2) is 0 Å². The van der Waals surface area contributed by atoms with Crippen LogP contribution in [0.4, 0.5) is 0 Å². The van der Waals surface area contributed by atoms with Gasteiger partial charge in [0, 0.05) is 5.69 Å². The van der Waals surface area contributed by atoms with Crippen molar-refractivity contribution in [3.8, 4) is 0 Å². The van der Waals surface area contributed by atoms with E-state index in [-0.39, 0.29) is 5.92 Å². The highest BCUT2D eigenvalue weighted by molar-refractivity contribution is 5.75. The van der Waals surface area contributed by atoms with Gasteiger partial charge in [-0.15, -0.1) is 0 Å². The first-order chi connectivity index (χ1) is 7.34. The Morgan fingerprint density at radius 3 is 2.19 bits per heavy atom. The van der Waals surface area contributed by atoms with E-state index in [9.17, 15) is 9.90 Å². The summed E-state index contributed by atoms with van der Waals surface area (Å²) in [5, 5.41) is 9.18. The molecule has 90 valence electrons. The predicted molar refractivity (Wildman–Crippen MR) is 62.6 cm³/mol. The zero-order chi connectivity index (χ0) is 12.5. The lowest BCUT2D eigenvalue weighted by Crippen LogP contribution is -2.18. The summed E-state index contributed by atoms with van der Waals surface area (Å²) in [6.07, 6.45) is 0. The van der Waals surface area contributed by atoms with Gasteiger partial charge in [0.1, 0.15) is 11.7 Å². The van der Waals surface area contributed by atoms with Crippen LogP contribution in [-0.2, 0) is 4.79 Å². The molecule has 0 fully saturated rings. The molecule has 0 aliphatic carbocycles. The number of carboxylic acids is 1. The SMILES string of the molecule is Cc1[nH]c(C(C(=O)O)C(C)C)nc1C(C)C. The van der Waals surface area contributed by atoms with E-state index in [0.29, 0.717) is 11.7 Å². The minimum absolute atomic E-state index is 0.0306. The van der Waals surface area contributed by atoms with Crippen molar-refractivity contribution in [2.24, 2.45) is 5.92 Å². The van der Waals surface area contributed by atoms with Crippen molar-refractivity contribution in [1.82, 2.24) is 9.97 Å². The molecule has 0 saturated heterocycles. The molecule has 0 aromatic carbocycles. The summed E-state index contributed by atoms with van der Waals surface area (Å²) in [5.74, 6) is -0.455. The first kappa shape index (κ1) is 12.7. The number of rotatable bonds is 4. The van der Waals surface area contributed by atoms with Crippen LogP contribution in [0, 0.1) is 12.8 Å². The van der Waals surface area contributed by atoms with Crippen LogP contribution in [0.5, 0.6) is 0 Å². The molecule has 1 aromatic rings. The summed E-state index contributed by atoms with van der Waals surface area (Å²) < 4.78 is 0. The maximum Gasteiger partial charge on any atom is 0.314 e. The Hall–Kier alpha value is -1.32. The summed E-state index contributed by atoms with van der Waals surface area (Å²) in [4.78, 5) is 18.7. The Morgan fingerprint density at radius 1 is 1.31 bits per heavy atom. The molecule has 0 radical (unpaired) electrons. The normalized spacial score (nSPS) is 13.4. The predicted octanol–water partition coefficient (Wildman–Crippen LogP) is 2.67. The molecule has 1 unspecified atom stereocenters. The van der Waals surface area contributed by atoms with E-state index in [2.05, 4.69) is 23.8 Å². The van der Waals surface area contributed by atoms with E-state index in [1.54, 1.807) is 0 Å². The van der Waals surface area contributed by atoms with Crippen LogP contribution < -0.4 is 0 Å². The summed E-state index contributed by atoms with van der Waals surface area (Å²) in [5.41, 5.74) is 1.93. The molecule has 0 aliphatic rings. The molecular formula is C12H20N2O2. The molecule has 1 aromatic heterocycles. The number of nitrogens with zero attached hydrogens (tertiary/aromatic N) is 1. The summed E-state index contributed by atoms with van der Waals surface area (Å²) in [7, 11) is 0. The fourth-order valence-corrected chi connectivity index (χ4v) is 1.92. The molecular weight excluding hydrogens is 204 g/mol. The van der Waals surface area contributed by atoms with Crippen LogP contribution in [0.1, 0.15) is 56.7 Å². The number of aliphatic carboxylic acids is 1. The van der Waals surface area contributed by atoms with E-state index in [0.717, 1.165) is 11.4 Å². The van der Waals surface area contributed by atoms with Crippen molar-refractivity contribution < 1.29 is 9.90 Å². The number of carbonyl (C=O) groups is 1. The van der Waals surface area contributed by atoms with E-state index < -0.39 is 11.9 Å². The number of aryl methyl sites for hydroxylation is 1. The summed E-state index contributed by atoms with van der Waals surface area (Å²) in [6.45, 7) is 9.83. The second-order valence-corrected chi connectivity index (χ2v) is 4.85. The summed E-state index contributed by atoms with van der Waals surface area (Å²) in [6, 6.07) is 0. The molecule has 1 heterocycles. The molecule has 2 N–H and O–H groups in total. The Bertz CT molecular complexity index is 380. The van der Waals surface area contributed by atoms with Gasteiger partial charge in [0.05, 0.1) is 5.69 Å². The van der Waals surface area contributed by atoms with Crippen molar-refractivity contribution in [2.45, 2.75) is 46.5 Å². The molecule has 0 amide bonds. The van der Waals surface area contributed by atoms with Crippen LogP contribution in [0.3, 0.4) is 0 Å². The highest BCUT2D eigenvalue weighted by atomic mass is 16.4. The monoisotopic (exact) mass is 224 g/mol. The van der Waals surface area contributed by atoms with Crippen molar-refractivity contribution >= 4 is 5.97 Å². The van der Waals surface area contributed by atoms with Crippen molar-refractivity contribution in [2.75, 3.05) is 0 Å². The lowest BCUT2D eigenvalue weighted by atomic mass is 9.95. The molecule has 4 nitrogen and oxygen atoms in total. The van der Waals surface area contributed by atoms with Gasteiger partial charge in [-0.05, 0) is 18.8 Å². The fourth-order valence-electron chi connectivity index (χ4n) is 1.92. The fraction of sp³-hybridized carbons (Fsp3) is 0.667. The van der Waals surface area contributed by atoms with E-state index in [1.165, 1.54) is 0 Å². The molecule has 0 bridgehead atoms. The van der Waals surface area contributed by atoms with Crippen LogP contribution in [-0.4, -0.2) is 21.0 Å². The number of aromatic amines is 1. The topological polar surface area (TPSA) is 66.0 Å². The molecule has 0 aliphatic heterocycles. The number of hydrogen-bond donors (Lipinski definition) is 2. The average molecular weight is 224 g/mol. The van der Waals surface area contributed by atoms with E-state index in [1.807, 2.05) is 20.8 Å². The van der Waals surface area contributed by atoms with Crippen molar-refractivity contribution in [3.05, 3.63) is 17.2 Å². The minimum Gasteiger partial charge on any atom is -0.481 e. The molecule has 16 heavy (non-hydrogen) atoms. The minimum atomic E-state index is -0.820. The van der Waals surface area contributed by atoms with Gasteiger partial charge in [-0.2, -0.15) is 0 Å². The maximum atomic E-state index is 11.2. The summed E-state index contributed by atoms with van der Waals surface area (Å²) >= 11 is 0. The first-order valence-electron chi connectivity index (χ1n) is 5.63. The quantitative estimate of drug-likeness (QED) is 0.826. The number of H-pyrrole nitrogens is 1. The zero-order valence-corrected chi connectivity index (χ0v) is 10.5. The number of aromatic nitrogens is 2. The van der Waals surface area contributed by atoms with Gasteiger partial charge in [0.25, 0.3) is 0 Å². The zero-order valence-electron chi connectivity index (χ0n) is 10.5. The third-order valence-electron chi connectivity index (χ3n) is 2.71. The van der Waals surface area contributed by atoms with Crippen LogP contribution >= 0.6 is 0 Å². The highest BCUT2D eigenvalue weighted by Crippen LogP contribution is 2.25. The van der Waals surface area contributed by atoms with Gasteiger partial charge < -0.3 is 10.1 Å². The molecule has 0 saturated carbocycles. The van der Waals surface area contributed by atoms with Crippen molar-refractivity contribution in [3.63, 3.8) is 0 Å². The Balaban J connectivity index is 3.12. The Kier molecular flexibility index (Phi) is 3.73. The van der Waals surface area contributed by atoms with Crippen LogP contribution in [0.15, 0.2) is 0 Å². The van der Waals surface area contributed by atoms with Crippen LogP contribution in [0.2, 0.25) is 0 Å². The van der Waals surface area contributed by atoms with E-state index in [4.69, 9.17) is 0 Å². The van der Waals surface area contributed by atoms with Gasteiger partial charge in [-0.25, -0.2) is 4.98 Å². The highest BCUT2D eigenvalue weighted by Gasteiger charge is 2.27. The molecule has 4 heteroatoms. The van der Waals surface area contributed by atoms with Crippen molar-refractivity contribution in [1.29, 1.82) is 0 Å². The maximum absolute atomic E-state index is 11.2. The third-order valence-corrected chi connectivity index (χ3v) is 2.71. The number of nitrogens with one attached hydrogen (secondary N) is 1. The second-order valence-electron chi connectivity index (χ2n) is 4.85. The lowest BCUT2D eigenvalue weighted by molar-refractivity contribution is -0.140. The molecule has 0 spiro atoms. The largest absolute Gasteiger partial charge is 0.481 e. The second kappa shape index (κ2) is 4.68. The van der Waals surface area contributed by atoms with Gasteiger partial charge >= 0.3 is 5.97 Å². The standard InChI is InChI=1S/C12H20N2O2/c1-6(2)9(12(15)16)11-13-8(5)10(14-11)7(3)4/h6-7,9H,1-5H3,(H,13,14)(H,15,16). The average Bonchev–Trinajstić information content (AvgIpc) is 2.45. The number of hydrogen-bond acceptors (Lipinski definition) is 2. The third kappa shape index (κ3) is 2.43. The lowest BCUT2D eigenvalue weighted by Gasteiger charge is -2.13. The van der Waals surface area contributed by atoms with Gasteiger partial charge in [0.2, 0.25) is 0 Å². The molecule has 1 rings (SSSR count). The Morgan fingerprint density at radius 2 is 1.88 bits per heavy atom. The number of carboxylic acid groups (broad SMARTS) is 1. The first-order valence-corrected chi connectivity index (χ1v) is 5.63. The van der Waals surface area contributed by atoms with E-state index >= 15 is 0 Å². The molecule has 1 atom stereocenters. The smallest absolute Gasteiger partial charge is 0.314 e. The van der Waals surface area contributed by atoms with Gasteiger partial charge in [-0.3, -0.25) is 4.79 Å². The Labute approximate surface area is 96.1 Å². The van der Waals surface area contributed by atoms with Gasteiger partial charge in [-0.1, -0.05) is 27.7 Å². The van der Waals surface area contributed by atoms with Crippen LogP contribution in [0.25, 0.3) is 0 Å². The number of imidazole rings is 1.